The molecule has 0 aliphatic carbocycles. The number of carbonyl (C=O) groups is 2. The summed E-state index contributed by atoms with van der Waals surface area (Å²) in [6.45, 7) is 2.70. The van der Waals surface area contributed by atoms with Gasteiger partial charge in [0.15, 0.2) is 0 Å². The molecule has 0 aliphatic heterocycles. The minimum absolute atomic E-state index is 0. The van der Waals surface area contributed by atoms with Crippen LogP contribution in [0.15, 0.2) is 12.3 Å². The maximum atomic E-state index is 10.4. The minimum Gasteiger partial charge on any atom is -0.475 e. The zero-order valence-corrected chi connectivity index (χ0v) is 9.52. The van der Waals surface area contributed by atoms with Gasteiger partial charge in [-0.1, -0.05) is 0 Å². The molecule has 3 N–H and O–H groups in total. The van der Waals surface area contributed by atoms with E-state index in [1.165, 1.54) is 0 Å². The number of carboxylic acid groups (broad SMARTS) is 2. The molecule has 1 radical (unpaired) electrons. The normalized spacial score (nSPS) is 13.3. The summed E-state index contributed by atoms with van der Waals surface area (Å²) in [5.41, 5.74) is -2.13. The zero-order chi connectivity index (χ0) is 9.94. The van der Waals surface area contributed by atoms with E-state index in [9.17, 15) is 14.2 Å². The molecule has 0 aliphatic rings. The smallest absolute Gasteiger partial charge is 0.475 e. The molecule has 0 saturated heterocycles. The number of rotatable bonds is 4. The molecule has 0 aromatic heterocycles. The molecular weight excluding hydrogens is 214 g/mol. The van der Waals surface area contributed by atoms with Gasteiger partial charge >= 0.3 is 19.3 Å². The third kappa shape index (κ3) is 5.07. The number of aliphatic carboxylic acids is 1. The Morgan fingerprint density at radius 3 is 1.92 bits per heavy atom. The van der Waals surface area contributed by atoms with Gasteiger partial charge in [0.25, 0.3) is 0 Å². The molecule has 0 amide bonds. The van der Waals surface area contributed by atoms with Gasteiger partial charge in [0.05, 0.1) is 0 Å². The Kier molecular flexibility index (Phi) is 6.31. The molecule has 0 rings (SSSR count). The predicted octanol–water partition coefficient (Wildman–Crippen LogP) is 0.0839. The number of hydrogen-bond acceptors (Lipinski definition) is 4. The third-order valence-electron chi connectivity index (χ3n) is 0.714. The van der Waals surface area contributed by atoms with Crippen molar-refractivity contribution in [2.75, 3.05) is 0 Å². The fourth-order valence-corrected chi connectivity index (χ4v) is 0.682. The van der Waals surface area contributed by atoms with Gasteiger partial charge in [-0.05, 0) is 6.58 Å². The Hall–Kier alpha value is -0.330. The first-order valence-electron chi connectivity index (χ1n) is 2.45. The van der Waals surface area contributed by atoms with Crippen LogP contribution in [0.1, 0.15) is 0 Å². The molecule has 7 nitrogen and oxygen atoms in total. The van der Waals surface area contributed by atoms with Crippen molar-refractivity contribution in [3.63, 3.8) is 0 Å². The molecule has 13 heavy (non-hydrogen) atoms. The van der Waals surface area contributed by atoms with Crippen molar-refractivity contribution in [3.05, 3.63) is 12.3 Å². The van der Waals surface area contributed by atoms with Gasteiger partial charge in [0, 0.05) is 29.6 Å². The van der Waals surface area contributed by atoms with Crippen LogP contribution < -0.4 is 0 Å². The summed E-state index contributed by atoms with van der Waals surface area (Å²) in [4.78, 5) is 28.3. The van der Waals surface area contributed by atoms with Gasteiger partial charge in [-0.25, -0.2) is 14.2 Å². The summed E-state index contributed by atoms with van der Waals surface area (Å²) in [6.07, 6.45) is 0. The first-order chi connectivity index (χ1) is 5.27. The van der Waals surface area contributed by atoms with Crippen LogP contribution in [0.4, 0.5) is 4.79 Å². The first kappa shape index (κ1) is 15.2. The Morgan fingerprint density at radius 2 is 1.69 bits per heavy atom. The van der Waals surface area contributed by atoms with Gasteiger partial charge in [-0.15, -0.1) is 0 Å². The Balaban J connectivity index is 0. The van der Waals surface area contributed by atoms with Crippen molar-refractivity contribution in [1.29, 1.82) is 0 Å². The Labute approximate surface area is 94.8 Å². The van der Waals surface area contributed by atoms with Crippen molar-refractivity contribution in [2.45, 2.75) is 0 Å². The standard InChI is InChI=1S/C4H5O7P.Na/c1-2(3(5)6)11-12(9,10)4(7)8;/h1H2,(H,5,6)(H,7,8)(H,9,10);. The van der Waals surface area contributed by atoms with Crippen molar-refractivity contribution in [1.82, 2.24) is 0 Å². The summed E-state index contributed by atoms with van der Waals surface area (Å²) < 4.78 is 14.1. The van der Waals surface area contributed by atoms with Crippen LogP contribution in [0.2, 0.25) is 0 Å². The van der Waals surface area contributed by atoms with Crippen LogP contribution >= 0.6 is 7.60 Å². The van der Waals surface area contributed by atoms with E-state index in [-0.39, 0.29) is 29.6 Å². The zero-order valence-electron chi connectivity index (χ0n) is 6.63. The monoisotopic (exact) mass is 219 g/mol. The summed E-state index contributed by atoms with van der Waals surface area (Å²) >= 11 is 0. The van der Waals surface area contributed by atoms with Crippen LogP contribution in [0.5, 0.6) is 0 Å². The maximum Gasteiger partial charge on any atom is 0.485 e. The molecule has 1 atom stereocenters. The fraction of sp³-hybridized carbons (Fsp3) is 0. The fourth-order valence-electron chi connectivity index (χ4n) is 0.227. The summed E-state index contributed by atoms with van der Waals surface area (Å²) in [6, 6.07) is 0. The Bertz CT molecular complexity index is 284. The van der Waals surface area contributed by atoms with E-state index in [2.05, 4.69) is 11.1 Å². The molecule has 0 spiro atoms. The van der Waals surface area contributed by atoms with E-state index in [1.54, 1.807) is 0 Å². The van der Waals surface area contributed by atoms with Gasteiger partial charge in [-0.3, -0.25) is 0 Å². The second-order valence-electron chi connectivity index (χ2n) is 1.62. The molecule has 0 heterocycles. The molecule has 9 heteroatoms. The van der Waals surface area contributed by atoms with Crippen LogP contribution in [-0.2, 0) is 13.9 Å². The van der Waals surface area contributed by atoms with Crippen LogP contribution in [0.25, 0.3) is 0 Å². The van der Waals surface area contributed by atoms with Crippen molar-refractivity contribution in [3.8, 4) is 0 Å². The van der Waals surface area contributed by atoms with Crippen molar-refractivity contribution < 1.29 is 33.8 Å². The van der Waals surface area contributed by atoms with Gasteiger partial charge in [0.2, 0.25) is 5.76 Å². The summed E-state index contributed by atoms with van der Waals surface area (Å²) in [7, 11) is -4.94. The van der Waals surface area contributed by atoms with E-state index >= 15 is 0 Å². The molecule has 0 bridgehead atoms. The van der Waals surface area contributed by atoms with Gasteiger partial charge < -0.3 is 19.6 Å². The van der Waals surface area contributed by atoms with Gasteiger partial charge in [-0.2, -0.15) is 0 Å². The van der Waals surface area contributed by atoms with Crippen LogP contribution in [-0.4, -0.2) is 56.3 Å². The molecule has 0 aromatic carbocycles. The van der Waals surface area contributed by atoms with E-state index in [0.29, 0.717) is 0 Å². The maximum absolute atomic E-state index is 10.4. The van der Waals surface area contributed by atoms with E-state index in [4.69, 9.17) is 15.1 Å². The minimum atomic E-state index is -4.94. The van der Waals surface area contributed by atoms with Gasteiger partial charge in [0.1, 0.15) is 0 Å². The third-order valence-corrected chi connectivity index (χ3v) is 1.67. The van der Waals surface area contributed by atoms with Crippen LogP contribution in [0.3, 0.4) is 0 Å². The van der Waals surface area contributed by atoms with E-state index in [0.717, 1.165) is 0 Å². The van der Waals surface area contributed by atoms with E-state index < -0.39 is 25.0 Å². The first-order valence-corrected chi connectivity index (χ1v) is 4.03. The van der Waals surface area contributed by atoms with Crippen LogP contribution in [0, 0.1) is 0 Å². The largest absolute Gasteiger partial charge is 0.485 e. The molecular formula is C4H5NaO7P. The molecule has 0 fully saturated rings. The van der Waals surface area contributed by atoms with Crippen molar-refractivity contribution >= 4 is 48.8 Å². The molecule has 1 unspecified atom stereocenters. The molecule has 0 saturated carbocycles. The summed E-state index contributed by atoms with van der Waals surface area (Å²) in [5.74, 6) is -2.80. The molecule has 0 aromatic rings. The number of hydrogen-bond donors (Lipinski definition) is 3. The predicted molar refractivity (Wildman–Crippen MR) is 41.5 cm³/mol. The average Bonchev–Trinajstić information content (AvgIpc) is 1.85. The quantitative estimate of drug-likeness (QED) is 0.265. The molecule has 69 valence electrons. The van der Waals surface area contributed by atoms with Crippen molar-refractivity contribution in [2.24, 2.45) is 0 Å². The Morgan fingerprint density at radius 1 is 1.31 bits per heavy atom. The SMILES string of the molecule is C=C(OP(=O)(O)C(=O)O)C(=O)O.[Na]. The second kappa shape index (κ2) is 5.41. The second-order valence-corrected chi connectivity index (χ2v) is 3.23. The average molecular weight is 219 g/mol. The van der Waals surface area contributed by atoms with E-state index in [1.807, 2.05) is 0 Å². The summed E-state index contributed by atoms with van der Waals surface area (Å²) in [5, 5.41) is 16.1. The topological polar surface area (TPSA) is 121 Å². The number of carboxylic acids is 1.